The summed E-state index contributed by atoms with van der Waals surface area (Å²) in [6, 6.07) is 7.35. The minimum atomic E-state index is -1.42. The normalized spacial score (nSPS) is 17.8. The number of aryl methyl sites for hydroxylation is 1. The van der Waals surface area contributed by atoms with Crippen molar-refractivity contribution in [1.29, 1.82) is 0 Å². The summed E-state index contributed by atoms with van der Waals surface area (Å²) in [5, 5.41) is 14.1. The second-order valence-electron chi connectivity index (χ2n) is 8.33. The van der Waals surface area contributed by atoms with Crippen molar-refractivity contribution >= 4 is 73.3 Å². The highest BCUT2D eigenvalue weighted by Crippen LogP contribution is 2.43. The third kappa shape index (κ3) is 5.12. The van der Waals surface area contributed by atoms with Crippen LogP contribution in [-0.4, -0.2) is 64.5 Å². The number of thiazole rings is 2. The fraction of sp³-hybridized carbons (Fsp3) is 0.304. The Labute approximate surface area is 229 Å². The molecule has 0 bridgehead atoms. The van der Waals surface area contributed by atoms with Gasteiger partial charge in [-0.15, -0.1) is 11.3 Å². The number of hydrogen-bond donors (Lipinski definition) is 3. The molecule has 1 amide bonds. The first kappa shape index (κ1) is 25.7. The second-order valence-corrected chi connectivity index (χ2v) is 11.1. The van der Waals surface area contributed by atoms with E-state index in [4.69, 9.17) is 37.7 Å². The van der Waals surface area contributed by atoms with Crippen molar-refractivity contribution in [1.82, 2.24) is 20.3 Å². The average Bonchev–Trinajstić information content (AvgIpc) is 3.56. The van der Waals surface area contributed by atoms with Gasteiger partial charge in [-0.25, -0.2) is 14.8 Å². The van der Waals surface area contributed by atoms with E-state index in [1.54, 1.807) is 14.0 Å². The molecule has 2 atom stereocenters. The molecule has 1 saturated heterocycles. The molecule has 14 heteroatoms. The van der Waals surface area contributed by atoms with Crippen molar-refractivity contribution in [3.8, 4) is 15.8 Å². The third-order valence-corrected chi connectivity index (χ3v) is 8.98. The van der Waals surface area contributed by atoms with E-state index in [2.05, 4.69) is 15.3 Å². The zero-order valence-electron chi connectivity index (χ0n) is 19.6. The number of nitrogens with one attached hydrogen (secondary N) is 2. The fourth-order valence-electron chi connectivity index (χ4n) is 4.15. The summed E-state index contributed by atoms with van der Waals surface area (Å²) in [7, 11) is 1.57. The lowest BCUT2D eigenvalue weighted by Crippen LogP contribution is -2.55. The number of hydrogen-bond acceptors (Lipinski definition) is 9. The van der Waals surface area contributed by atoms with Gasteiger partial charge in [-0.2, -0.15) is 0 Å². The molecule has 3 N–H and O–H groups in total. The summed E-state index contributed by atoms with van der Waals surface area (Å²) < 4.78 is 11.7. The standard InChI is InChI=1S/C23H21Cl2N5O5S2/c1-10-15(24)16(25)17(26-10)19(31)27-11-7-8-30(9-13(11)34-2)22-29-18(21(37-22)35-23(32)33)20-28-12-5-3-4-6-14(12)36-20/h3-6,11,13,26H,7-9H2,1-2H3,(H,27,31)(H,32,33)/t11-,13+/m1/s1. The van der Waals surface area contributed by atoms with Crippen LogP contribution in [0.15, 0.2) is 24.3 Å². The third-order valence-electron chi connectivity index (χ3n) is 5.99. The molecule has 10 nitrogen and oxygen atoms in total. The zero-order chi connectivity index (χ0) is 26.3. The number of carbonyl (C=O) groups excluding carboxylic acids is 1. The SMILES string of the molecule is CO[C@H]1CN(c2nc(-c3nc4ccccc4s3)c(OC(=O)O)s2)CC[C@H]1NC(=O)c1[nH]c(C)c(Cl)c1Cl. The number of rotatable bonds is 6. The van der Waals surface area contributed by atoms with Crippen molar-refractivity contribution in [2.75, 3.05) is 25.1 Å². The molecule has 194 valence electrons. The number of anilines is 1. The fourth-order valence-corrected chi connectivity index (χ4v) is 6.53. The average molecular weight is 582 g/mol. The van der Waals surface area contributed by atoms with Gasteiger partial charge in [0.15, 0.2) is 10.8 Å². The van der Waals surface area contributed by atoms with Crippen molar-refractivity contribution in [2.45, 2.75) is 25.5 Å². The van der Waals surface area contributed by atoms with Gasteiger partial charge in [0.25, 0.3) is 5.91 Å². The van der Waals surface area contributed by atoms with Crippen LogP contribution >= 0.6 is 45.9 Å². The van der Waals surface area contributed by atoms with E-state index in [0.717, 1.165) is 21.6 Å². The van der Waals surface area contributed by atoms with Crippen molar-refractivity contribution in [3.63, 3.8) is 0 Å². The highest BCUT2D eigenvalue weighted by Gasteiger charge is 2.34. The predicted octanol–water partition coefficient (Wildman–Crippen LogP) is 5.44. The molecular weight excluding hydrogens is 561 g/mol. The number of ether oxygens (including phenoxy) is 2. The number of carboxylic acid groups (broad SMARTS) is 1. The minimum absolute atomic E-state index is 0.152. The van der Waals surface area contributed by atoms with Crippen molar-refractivity contribution in [2.24, 2.45) is 0 Å². The molecule has 1 aromatic carbocycles. The molecule has 4 aromatic rings. The number of aromatic nitrogens is 3. The number of H-pyrrole nitrogens is 1. The van der Waals surface area contributed by atoms with Crippen LogP contribution in [0.3, 0.4) is 0 Å². The molecule has 1 fully saturated rings. The van der Waals surface area contributed by atoms with Crippen LogP contribution < -0.4 is 15.0 Å². The number of aromatic amines is 1. The largest absolute Gasteiger partial charge is 0.512 e. The Morgan fingerprint density at radius 2 is 2.00 bits per heavy atom. The number of nitrogens with zero attached hydrogens (tertiary/aromatic N) is 3. The maximum atomic E-state index is 12.9. The molecule has 0 unspecified atom stereocenters. The van der Waals surface area contributed by atoms with Gasteiger partial charge in [-0.05, 0) is 25.5 Å². The van der Waals surface area contributed by atoms with E-state index in [0.29, 0.717) is 46.1 Å². The molecule has 37 heavy (non-hydrogen) atoms. The Kier molecular flexibility index (Phi) is 7.28. The van der Waals surface area contributed by atoms with Crippen LogP contribution in [-0.2, 0) is 4.74 Å². The van der Waals surface area contributed by atoms with Crippen LogP contribution in [0, 0.1) is 6.92 Å². The van der Waals surface area contributed by atoms with E-state index >= 15 is 0 Å². The van der Waals surface area contributed by atoms with Gasteiger partial charge in [0.1, 0.15) is 10.7 Å². The molecule has 0 spiro atoms. The molecule has 1 aliphatic rings. The number of methoxy groups -OCH3 is 1. The van der Waals surface area contributed by atoms with Gasteiger partial charge < -0.3 is 29.8 Å². The molecule has 0 radical (unpaired) electrons. The number of para-hydroxylation sites is 1. The summed E-state index contributed by atoms with van der Waals surface area (Å²) in [5.41, 5.74) is 1.99. The quantitative estimate of drug-likeness (QED) is 0.256. The van der Waals surface area contributed by atoms with Crippen LogP contribution in [0.4, 0.5) is 9.93 Å². The van der Waals surface area contributed by atoms with Crippen molar-refractivity contribution in [3.05, 3.63) is 45.7 Å². The summed E-state index contributed by atoms with van der Waals surface area (Å²) in [5.74, 6) is -0.370. The summed E-state index contributed by atoms with van der Waals surface area (Å²) in [6.07, 6.45) is -1.23. The number of amides is 1. The smallest absolute Gasteiger partial charge is 0.449 e. The zero-order valence-corrected chi connectivity index (χ0v) is 22.7. The summed E-state index contributed by atoms with van der Waals surface area (Å²) >= 11 is 14.9. The van der Waals surface area contributed by atoms with Gasteiger partial charge in [-0.1, -0.05) is 46.7 Å². The Morgan fingerprint density at radius 3 is 2.68 bits per heavy atom. The molecule has 4 heterocycles. The summed E-state index contributed by atoms with van der Waals surface area (Å²) in [4.78, 5) is 38.4. The lowest BCUT2D eigenvalue weighted by molar-refractivity contribution is 0.0540. The molecule has 3 aromatic heterocycles. The van der Waals surface area contributed by atoms with Crippen molar-refractivity contribution < 1.29 is 24.2 Å². The molecule has 1 aliphatic heterocycles. The van der Waals surface area contributed by atoms with E-state index in [1.165, 1.54) is 11.3 Å². The van der Waals surface area contributed by atoms with E-state index in [9.17, 15) is 14.7 Å². The monoisotopic (exact) mass is 581 g/mol. The number of halogens is 2. The van der Waals surface area contributed by atoms with E-state index < -0.39 is 6.16 Å². The first-order chi connectivity index (χ1) is 17.7. The van der Waals surface area contributed by atoms with Crippen LogP contribution in [0.5, 0.6) is 5.06 Å². The maximum Gasteiger partial charge on any atom is 0.512 e. The van der Waals surface area contributed by atoms with E-state index in [1.807, 2.05) is 29.2 Å². The number of benzene rings is 1. The first-order valence-corrected chi connectivity index (χ1v) is 13.5. The summed E-state index contributed by atoms with van der Waals surface area (Å²) in [6.45, 7) is 2.70. The molecule has 0 saturated carbocycles. The Morgan fingerprint density at radius 1 is 1.22 bits per heavy atom. The van der Waals surface area contributed by atoms with Gasteiger partial charge in [0.2, 0.25) is 5.06 Å². The van der Waals surface area contributed by atoms with Crippen LogP contribution in [0.2, 0.25) is 10.0 Å². The van der Waals surface area contributed by atoms with E-state index in [-0.39, 0.29) is 33.8 Å². The Bertz CT molecular complexity index is 1450. The lowest BCUT2D eigenvalue weighted by Gasteiger charge is -2.37. The maximum absolute atomic E-state index is 12.9. The number of piperidine rings is 1. The van der Waals surface area contributed by atoms with Gasteiger partial charge in [0.05, 0.1) is 32.4 Å². The highest BCUT2D eigenvalue weighted by atomic mass is 35.5. The Balaban J connectivity index is 1.36. The van der Waals surface area contributed by atoms with Crippen LogP contribution in [0.25, 0.3) is 20.9 Å². The molecule has 5 rings (SSSR count). The Hall–Kier alpha value is -2.90. The predicted molar refractivity (Wildman–Crippen MR) is 144 cm³/mol. The second kappa shape index (κ2) is 10.5. The highest BCUT2D eigenvalue weighted by molar-refractivity contribution is 7.22. The number of fused-ring (bicyclic) bond motifs is 1. The topological polar surface area (TPSA) is 130 Å². The minimum Gasteiger partial charge on any atom is -0.449 e. The molecule has 0 aliphatic carbocycles. The lowest BCUT2D eigenvalue weighted by atomic mass is 10.0. The number of carbonyl (C=O) groups is 2. The van der Waals surface area contributed by atoms with Gasteiger partial charge >= 0.3 is 6.16 Å². The van der Waals surface area contributed by atoms with Crippen LogP contribution in [0.1, 0.15) is 22.6 Å². The first-order valence-electron chi connectivity index (χ1n) is 11.1. The van der Waals surface area contributed by atoms with Gasteiger partial charge in [0, 0.05) is 25.9 Å². The molecular formula is C23H21Cl2N5O5S2. The van der Waals surface area contributed by atoms with Gasteiger partial charge in [-0.3, -0.25) is 4.79 Å².